The molecule has 1 heterocycles. The summed E-state index contributed by atoms with van der Waals surface area (Å²) in [4.78, 5) is 14.2. The van der Waals surface area contributed by atoms with Gasteiger partial charge in [-0.25, -0.2) is 0 Å². The second-order valence-electron chi connectivity index (χ2n) is 8.67. The van der Waals surface area contributed by atoms with Gasteiger partial charge in [-0.3, -0.25) is 10.2 Å². The highest BCUT2D eigenvalue weighted by Crippen LogP contribution is 2.25. The highest BCUT2D eigenvalue weighted by Gasteiger charge is 2.17. The van der Waals surface area contributed by atoms with Crippen LogP contribution in [-0.4, -0.2) is 43.7 Å². The molecule has 0 aliphatic heterocycles. The molecule has 2 atom stereocenters. The number of anilines is 1. The first-order chi connectivity index (χ1) is 16.7. The molecule has 1 aromatic rings. The summed E-state index contributed by atoms with van der Waals surface area (Å²) in [6, 6.07) is 4.20. The van der Waals surface area contributed by atoms with E-state index in [-0.39, 0.29) is 12.0 Å². The zero-order chi connectivity index (χ0) is 26.4. The summed E-state index contributed by atoms with van der Waals surface area (Å²) in [5.74, 6) is 0.973. The van der Waals surface area contributed by atoms with Gasteiger partial charge < -0.3 is 20.4 Å². The van der Waals surface area contributed by atoms with Crippen molar-refractivity contribution in [2.24, 2.45) is 5.92 Å². The quantitative estimate of drug-likeness (QED) is 0.0840. The van der Waals surface area contributed by atoms with Gasteiger partial charge in [0.1, 0.15) is 23.8 Å². The fourth-order valence-corrected chi connectivity index (χ4v) is 3.38. The predicted octanol–water partition coefficient (Wildman–Crippen LogP) is 5.76. The van der Waals surface area contributed by atoms with Gasteiger partial charge in [0.15, 0.2) is 0 Å². The first-order valence-corrected chi connectivity index (χ1v) is 12.1. The van der Waals surface area contributed by atoms with Crippen LogP contribution in [0.2, 0.25) is 0 Å². The molecule has 35 heavy (non-hydrogen) atoms. The number of rotatable bonds is 15. The molecule has 0 spiro atoms. The van der Waals surface area contributed by atoms with Crippen molar-refractivity contribution in [3.05, 3.63) is 58.5 Å². The van der Waals surface area contributed by atoms with Crippen LogP contribution in [-0.2, 0) is 9.53 Å². The van der Waals surface area contributed by atoms with Gasteiger partial charge in [0.25, 0.3) is 0 Å². The monoisotopic (exact) mass is 479 g/mol. The summed E-state index contributed by atoms with van der Waals surface area (Å²) in [6.45, 7) is 10.4. The van der Waals surface area contributed by atoms with E-state index in [9.17, 15) is 10.1 Å². The molecule has 0 amide bonds. The van der Waals surface area contributed by atoms with Gasteiger partial charge >= 0.3 is 0 Å². The molecular weight excluding hydrogens is 438 g/mol. The number of hydrogen-bond donors (Lipinski definition) is 4. The molecule has 0 bridgehead atoms. The van der Waals surface area contributed by atoms with Crippen LogP contribution in [0.15, 0.2) is 47.3 Å². The molecular formula is C28H41N5O2. The number of allylic oxidation sites excluding steroid dienone is 8. The maximum absolute atomic E-state index is 10.8. The number of ether oxygens (including phenoxy) is 1. The predicted molar refractivity (Wildman–Crippen MR) is 146 cm³/mol. The maximum Gasteiger partial charge on any atom is 0.145 e. The molecule has 0 saturated heterocycles. The van der Waals surface area contributed by atoms with E-state index < -0.39 is 0 Å². The molecule has 1 aromatic heterocycles. The van der Waals surface area contributed by atoms with Gasteiger partial charge in [-0.1, -0.05) is 31.6 Å². The highest BCUT2D eigenvalue weighted by atomic mass is 16.5. The lowest BCUT2D eigenvalue weighted by atomic mass is 10.0. The van der Waals surface area contributed by atoms with E-state index in [1.165, 1.54) is 0 Å². The Morgan fingerprint density at radius 3 is 2.49 bits per heavy atom. The molecule has 2 unspecified atom stereocenters. The van der Waals surface area contributed by atoms with E-state index >= 15 is 0 Å². The minimum Gasteiger partial charge on any atom is -0.493 e. The number of H-pyrrole nitrogens is 1. The summed E-state index contributed by atoms with van der Waals surface area (Å²) >= 11 is 0. The third-order valence-electron chi connectivity index (χ3n) is 5.69. The molecule has 0 fully saturated rings. The first-order valence-electron chi connectivity index (χ1n) is 12.1. The van der Waals surface area contributed by atoms with Crippen LogP contribution in [0.5, 0.6) is 0 Å². The molecule has 4 N–H and O–H groups in total. The van der Waals surface area contributed by atoms with E-state index in [1.54, 1.807) is 20.0 Å². The topological polar surface area (TPSA) is 114 Å². The van der Waals surface area contributed by atoms with Crippen molar-refractivity contribution in [3.8, 4) is 6.07 Å². The van der Waals surface area contributed by atoms with Crippen molar-refractivity contribution in [2.45, 2.75) is 60.0 Å². The fourth-order valence-electron chi connectivity index (χ4n) is 3.38. The van der Waals surface area contributed by atoms with Crippen molar-refractivity contribution in [3.63, 3.8) is 0 Å². The van der Waals surface area contributed by atoms with Gasteiger partial charge in [0, 0.05) is 18.3 Å². The second kappa shape index (κ2) is 15.5. The molecule has 0 radical (unpaired) electrons. The van der Waals surface area contributed by atoms with Crippen molar-refractivity contribution in [2.75, 3.05) is 26.0 Å². The molecule has 7 heteroatoms. The number of nitriles is 1. The lowest BCUT2D eigenvalue weighted by Gasteiger charge is -2.22. The standard InChI is InChI=1S/C28H41N5O2/c1-8-9-23(14-15-31-6)35-26(22(5)17-29)13-12-21(4)27(30)24-16-25(33-28(24)32-7)20(3)11-10-19(2)18-34/h10-13,16,18,22-23,30-33H,8-9,14-15H2,1-7H3/b19-10+,20-11+,21-12+,26-13+,30-27?. The lowest BCUT2D eigenvalue weighted by Crippen LogP contribution is -2.21. The number of carbonyl (C=O) groups excluding carboxylic acids is 1. The number of hydrogen-bond acceptors (Lipinski definition) is 6. The number of nitrogens with zero attached hydrogens (tertiary/aromatic N) is 1. The molecule has 1 rings (SSSR count). The van der Waals surface area contributed by atoms with E-state index in [2.05, 4.69) is 28.6 Å². The zero-order valence-electron chi connectivity index (χ0n) is 22.2. The summed E-state index contributed by atoms with van der Waals surface area (Å²) < 4.78 is 6.24. The largest absolute Gasteiger partial charge is 0.493 e. The van der Waals surface area contributed by atoms with E-state index in [1.807, 2.05) is 52.1 Å². The summed E-state index contributed by atoms with van der Waals surface area (Å²) in [5.41, 5.74) is 4.30. The second-order valence-corrected chi connectivity index (χ2v) is 8.67. The van der Waals surface area contributed by atoms with Crippen molar-refractivity contribution in [1.29, 1.82) is 10.7 Å². The Bertz CT molecular complexity index is 1020. The molecule has 190 valence electrons. The number of nitrogens with one attached hydrogen (secondary N) is 4. The SMILES string of the molecule is CCCC(CCNC)O/C(=C/C=C(\C)C(=N)c1cc(/C(C)=C/C=C(\C)C=O)[nH]c1NC)C(C)C#N. The Balaban J connectivity index is 3.24. The fraction of sp³-hybridized carbons (Fsp3) is 0.464. The molecule has 0 aliphatic rings. The molecule has 7 nitrogen and oxygen atoms in total. The normalized spacial score (nSPS) is 14.8. The van der Waals surface area contributed by atoms with E-state index in [0.29, 0.717) is 17.0 Å². The number of aromatic amines is 1. The Morgan fingerprint density at radius 1 is 1.20 bits per heavy atom. The highest BCUT2D eigenvalue weighted by molar-refractivity contribution is 6.13. The van der Waals surface area contributed by atoms with Gasteiger partial charge in [-0.05, 0) is 83.0 Å². The van der Waals surface area contributed by atoms with E-state index in [4.69, 9.17) is 10.1 Å². The Hall–Kier alpha value is -3.37. The average Bonchev–Trinajstić information content (AvgIpc) is 3.31. The van der Waals surface area contributed by atoms with Crippen molar-refractivity contribution >= 4 is 23.4 Å². The van der Waals surface area contributed by atoms with Crippen LogP contribution in [0.4, 0.5) is 5.82 Å². The molecule has 0 aliphatic carbocycles. The van der Waals surface area contributed by atoms with Crippen LogP contribution in [0, 0.1) is 22.7 Å². The number of aromatic nitrogens is 1. The summed E-state index contributed by atoms with van der Waals surface area (Å²) in [5, 5.41) is 24.6. The number of aldehydes is 1. The van der Waals surface area contributed by atoms with Gasteiger partial charge in [0.05, 0.1) is 17.9 Å². The maximum atomic E-state index is 10.8. The Kier molecular flexibility index (Phi) is 13.1. The third-order valence-corrected chi connectivity index (χ3v) is 5.69. The minimum absolute atomic E-state index is 0.0393. The van der Waals surface area contributed by atoms with Gasteiger partial charge in [0.2, 0.25) is 0 Å². The van der Waals surface area contributed by atoms with Crippen LogP contribution >= 0.6 is 0 Å². The average molecular weight is 480 g/mol. The third kappa shape index (κ3) is 9.42. The van der Waals surface area contributed by atoms with Crippen LogP contribution in [0.1, 0.15) is 65.1 Å². The summed E-state index contributed by atoms with van der Waals surface area (Å²) in [7, 11) is 3.72. The van der Waals surface area contributed by atoms with Crippen LogP contribution in [0.25, 0.3) is 5.57 Å². The van der Waals surface area contributed by atoms with Gasteiger partial charge in [-0.15, -0.1) is 0 Å². The number of carbonyl (C=O) groups is 1. The molecule has 0 saturated carbocycles. The van der Waals surface area contributed by atoms with Crippen LogP contribution < -0.4 is 10.6 Å². The first kappa shape index (κ1) is 29.7. The smallest absolute Gasteiger partial charge is 0.145 e. The van der Waals surface area contributed by atoms with Crippen LogP contribution in [0.3, 0.4) is 0 Å². The van der Waals surface area contributed by atoms with E-state index in [0.717, 1.165) is 60.3 Å². The Morgan fingerprint density at radius 2 is 1.91 bits per heavy atom. The Labute approximate surface area is 210 Å². The minimum atomic E-state index is -0.385. The lowest BCUT2D eigenvalue weighted by molar-refractivity contribution is -0.104. The molecule has 0 aromatic carbocycles. The van der Waals surface area contributed by atoms with Crippen molar-refractivity contribution in [1.82, 2.24) is 10.3 Å². The van der Waals surface area contributed by atoms with Gasteiger partial charge in [-0.2, -0.15) is 5.26 Å². The summed E-state index contributed by atoms with van der Waals surface area (Å²) in [6.07, 6.45) is 11.0. The zero-order valence-corrected chi connectivity index (χ0v) is 22.2. The van der Waals surface area contributed by atoms with Crippen molar-refractivity contribution < 1.29 is 9.53 Å².